The quantitative estimate of drug-likeness (QED) is 0.732. The molecule has 0 heterocycles. The second-order valence-electron chi connectivity index (χ2n) is 3.05. The molecule has 0 fully saturated rings. The number of thiol groups is 1. The third kappa shape index (κ3) is 3.70. The lowest BCUT2D eigenvalue weighted by atomic mass is 10.1. The number of primary amides is 1. The topological polar surface area (TPSA) is 46.3 Å². The van der Waals surface area contributed by atoms with Crippen LogP contribution in [0.15, 0.2) is 30.3 Å². The van der Waals surface area contributed by atoms with E-state index in [0.717, 1.165) is 12.8 Å². The van der Waals surface area contributed by atoms with E-state index in [4.69, 9.17) is 5.73 Å². The van der Waals surface area contributed by atoms with E-state index in [2.05, 4.69) is 24.9 Å². The summed E-state index contributed by atoms with van der Waals surface area (Å²) in [5, 5.41) is 0. The van der Waals surface area contributed by atoms with Gasteiger partial charge in [-0.05, 0) is 18.4 Å². The first-order valence-electron chi connectivity index (χ1n) is 4.50. The zero-order chi connectivity index (χ0) is 10.4. The van der Waals surface area contributed by atoms with Crippen LogP contribution in [0.5, 0.6) is 0 Å². The summed E-state index contributed by atoms with van der Waals surface area (Å²) in [6.45, 7) is 0.577. The van der Waals surface area contributed by atoms with Crippen LogP contribution in [0.2, 0.25) is 0 Å². The molecule has 0 atom stereocenters. The van der Waals surface area contributed by atoms with Crippen molar-refractivity contribution in [1.82, 2.24) is 4.31 Å². The maximum absolute atomic E-state index is 10.6. The lowest BCUT2D eigenvalue weighted by molar-refractivity contribution is 0.235. The van der Waals surface area contributed by atoms with Crippen LogP contribution in [-0.2, 0) is 6.42 Å². The largest absolute Gasteiger partial charge is 0.351 e. The second kappa shape index (κ2) is 5.54. The van der Waals surface area contributed by atoms with Gasteiger partial charge in [0.2, 0.25) is 0 Å². The van der Waals surface area contributed by atoms with Gasteiger partial charge in [-0.15, -0.1) is 0 Å². The average molecular weight is 210 g/mol. The average Bonchev–Trinajstić information content (AvgIpc) is 2.19. The summed E-state index contributed by atoms with van der Waals surface area (Å²) in [6.07, 6.45) is 1.81. The zero-order valence-electron chi connectivity index (χ0n) is 7.89. The van der Waals surface area contributed by atoms with Gasteiger partial charge in [-0.2, -0.15) is 0 Å². The summed E-state index contributed by atoms with van der Waals surface area (Å²) in [4.78, 5) is 10.6. The predicted octanol–water partition coefficient (Wildman–Crippen LogP) is 1.84. The highest BCUT2D eigenvalue weighted by Crippen LogP contribution is 2.04. The number of nitrogens with two attached hydrogens (primary N) is 1. The van der Waals surface area contributed by atoms with Crippen molar-refractivity contribution in [2.24, 2.45) is 5.73 Å². The number of rotatable bonds is 4. The fourth-order valence-corrected chi connectivity index (χ4v) is 1.33. The third-order valence-electron chi connectivity index (χ3n) is 1.93. The Morgan fingerprint density at radius 1 is 1.36 bits per heavy atom. The van der Waals surface area contributed by atoms with Crippen molar-refractivity contribution in [2.75, 3.05) is 6.54 Å². The molecule has 1 aromatic carbocycles. The molecule has 0 aliphatic heterocycles. The Morgan fingerprint density at radius 2 is 2.00 bits per heavy atom. The zero-order valence-corrected chi connectivity index (χ0v) is 8.78. The van der Waals surface area contributed by atoms with Gasteiger partial charge in [0, 0.05) is 6.54 Å². The fourth-order valence-electron chi connectivity index (χ4n) is 1.19. The minimum atomic E-state index is -0.499. The molecule has 0 aromatic heterocycles. The Kier molecular flexibility index (Phi) is 4.32. The highest BCUT2D eigenvalue weighted by molar-refractivity contribution is 7.78. The fraction of sp³-hybridized carbons (Fsp3) is 0.300. The van der Waals surface area contributed by atoms with Gasteiger partial charge in [-0.3, -0.25) is 4.31 Å². The van der Waals surface area contributed by atoms with Gasteiger partial charge in [-0.25, -0.2) is 4.79 Å². The molecular weight excluding hydrogens is 196 g/mol. The van der Waals surface area contributed by atoms with Gasteiger partial charge in [-0.1, -0.05) is 43.1 Å². The van der Waals surface area contributed by atoms with Crippen LogP contribution in [0.25, 0.3) is 0 Å². The molecule has 2 N–H and O–H groups in total. The first-order chi connectivity index (χ1) is 6.70. The van der Waals surface area contributed by atoms with E-state index in [-0.39, 0.29) is 0 Å². The second-order valence-corrected chi connectivity index (χ2v) is 3.53. The molecule has 0 unspecified atom stereocenters. The van der Waals surface area contributed by atoms with Gasteiger partial charge in [0.15, 0.2) is 0 Å². The van der Waals surface area contributed by atoms with Crippen LogP contribution in [0.1, 0.15) is 12.0 Å². The number of hydrogen-bond acceptors (Lipinski definition) is 2. The molecule has 0 saturated carbocycles. The SMILES string of the molecule is NC(=O)N(S)CCCc1ccccc1. The van der Waals surface area contributed by atoms with E-state index >= 15 is 0 Å². The van der Waals surface area contributed by atoms with E-state index in [9.17, 15) is 4.79 Å². The molecule has 0 saturated heterocycles. The molecule has 1 rings (SSSR count). The molecule has 0 radical (unpaired) electrons. The van der Waals surface area contributed by atoms with Gasteiger partial charge in [0.05, 0.1) is 0 Å². The molecular formula is C10H14N2OS. The third-order valence-corrected chi connectivity index (χ3v) is 2.33. The molecule has 1 aromatic rings. The minimum Gasteiger partial charge on any atom is -0.351 e. The van der Waals surface area contributed by atoms with Gasteiger partial charge < -0.3 is 5.73 Å². The highest BCUT2D eigenvalue weighted by Gasteiger charge is 2.02. The molecule has 0 spiro atoms. The summed E-state index contributed by atoms with van der Waals surface area (Å²) in [7, 11) is 0. The smallest absolute Gasteiger partial charge is 0.324 e. The Bertz CT molecular complexity index is 289. The van der Waals surface area contributed by atoms with Crippen molar-refractivity contribution in [1.29, 1.82) is 0 Å². The van der Waals surface area contributed by atoms with Crippen LogP contribution in [0.4, 0.5) is 4.79 Å². The van der Waals surface area contributed by atoms with E-state index in [0.29, 0.717) is 6.54 Å². The van der Waals surface area contributed by atoms with Crippen LogP contribution in [-0.4, -0.2) is 16.9 Å². The number of carbonyl (C=O) groups is 1. The Morgan fingerprint density at radius 3 is 2.57 bits per heavy atom. The number of amides is 2. The molecule has 14 heavy (non-hydrogen) atoms. The molecule has 0 bridgehead atoms. The summed E-state index contributed by atoms with van der Waals surface area (Å²) in [6, 6.07) is 9.61. The molecule has 3 nitrogen and oxygen atoms in total. The van der Waals surface area contributed by atoms with Crippen LogP contribution < -0.4 is 5.73 Å². The Labute approximate surface area is 89.4 Å². The maximum atomic E-state index is 10.6. The van der Waals surface area contributed by atoms with E-state index < -0.39 is 6.03 Å². The monoisotopic (exact) mass is 210 g/mol. The van der Waals surface area contributed by atoms with E-state index in [1.807, 2.05) is 18.2 Å². The van der Waals surface area contributed by atoms with Gasteiger partial charge in [0.25, 0.3) is 0 Å². The first kappa shape index (κ1) is 10.9. The first-order valence-corrected chi connectivity index (χ1v) is 4.90. The maximum Gasteiger partial charge on any atom is 0.324 e. The number of hydrogen-bond donors (Lipinski definition) is 2. The Hall–Kier alpha value is -1.16. The number of urea groups is 1. The standard InChI is InChI=1S/C10H14N2OS/c11-10(13)12(14)8-4-7-9-5-2-1-3-6-9/h1-3,5-6,14H,4,7-8H2,(H2,11,13). The van der Waals surface area contributed by atoms with Gasteiger partial charge in [0.1, 0.15) is 0 Å². The molecule has 2 amide bonds. The normalized spacial score (nSPS) is 9.79. The lowest BCUT2D eigenvalue weighted by Crippen LogP contribution is -2.28. The van der Waals surface area contributed by atoms with Crippen molar-refractivity contribution in [2.45, 2.75) is 12.8 Å². The number of carbonyl (C=O) groups excluding carboxylic acids is 1. The van der Waals surface area contributed by atoms with E-state index in [1.165, 1.54) is 9.87 Å². The van der Waals surface area contributed by atoms with E-state index in [1.54, 1.807) is 0 Å². The van der Waals surface area contributed by atoms with Crippen LogP contribution >= 0.6 is 12.8 Å². The minimum absolute atomic E-state index is 0.499. The van der Waals surface area contributed by atoms with Crippen molar-refractivity contribution in [3.8, 4) is 0 Å². The van der Waals surface area contributed by atoms with Crippen LogP contribution in [0.3, 0.4) is 0 Å². The number of benzene rings is 1. The molecule has 0 aliphatic rings. The molecule has 4 heteroatoms. The molecule has 0 aliphatic carbocycles. The molecule has 76 valence electrons. The van der Waals surface area contributed by atoms with Crippen LogP contribution in [0, 0.1) is 0 Å². The van der Waals surface area contributed by atoms with Gasteiger partial charge >= 0.3 is 6.03 Å². The summed E-state index contributed by atoms with van der Waals surface area (Å²) in [5.41, 5.74) is 6.29. The summed E-state index contributed by atoms with van der Waals surface area (Å²) < 4.78 is 1.23. The lowest BCUT2D eigenvalue weighted by Gasteiger charge is -2.11. The van der Waals surface area contributed by atoms with Crippen molar-refractivity contribution in [3.63, 3.8) is 0 Å². The highest BCUT2D eigenvalue weighted by atomic mass is 32.1. The summed E-state index contributed by atoms with van der Waals surface area (Å²) >= 11 is 3.93. The number of nitrogens with zero attached hydrogens (tertiary/aromatic N) is 1. The Balaban J connectivity index is 2.26. The van der Waals surface area contributed by atoms with Crippen molar-refractivity contribution >= 4 is 18.8 Å². The van der Waals surface area contributed by atoms with Crippen molar-refractivity contribution in [3.05, 3.63) is 35.9 Å². The van der Waals surface area contributed by atoms with Crippen molar-refractivity contribution < 1.29 is 4.79 Å². The summed E-state index contributed by atoms with van der Waals surface area (Å²) in [5.74, 6) is 0. The number of aryl methyl sites for hydroxylation is 1. The predicted molar refractivity (Wildman–Crippen MR) is 60.0 cm³/mol.